The van der Waals surface area contributed by atoms with Crippen LogP contribution in [0.25, 0.3) is 0 Å². The van der Waals surface area contributed by atoms with Crippen molar-refractivity contribution in [1.82, 2.24) is 0 Å². The third-order valence-corrected chi connectivity index (χ3v) is 5.53. The Kier molecular flexibility index (Phi) is 22.5. The summed E-state index contributed by atoms with van der Waals surface area (Å²) in [5.41, 5.74) is 0. The van der Waals surface area contributed by atoms with Crippen LogP contribution in [0.3, 0.4) is 0 Å². The number of carbonyl (C=O) groups is 1. The fourth-order valence-corrected chi connectivity index (χ4v) is 3.57. The van der Waals surface area contributed by atoms with Crippen molar-refractivity contribution < 1.29 is 53.5 Å². The molecule has 0 bridgehead atoms. The maximum absolute atomic E-state index is 11.5. The van der Waals surface area contributed by atoms with Crippen molar-refractivity contribution in [3.8, 4) is 0 Å². The van der Waals surface area contributed by atoms with Gasteiger partial charge in [0.1, 0.15) is 0 Å². The predicted octanol–water partition coefficient (Wildman–Crippen LogP) is 3.04. The zero-order valence-electron chi connectivity index (χ0n) is 19.6. The van der Waals surface area contributed by atoms with Crippen LogP contribution in [0.2, 0.25) is 0 Å². The van der Waals surface area contributed by atoms with E-state index in [2.05, 4.69) is 13.8 Å². The molecule has 5 nitrogen and oxygen atoms in total. The van der Waals surface area contributed by atoms with Crippen molar-refractivity contribution in [2.24, 2.45) is 5.92 Å². The van der Waals surface area contributed by atoms with Crippen molar-refractivity contribution in [2.75, 3.05) is 12.4 Å². The van der Waals surface area contributed by atoms with Gasteiger partial charge in [-0.05, 0) is 18.8 Å². The minimum atomic E-state index is -3.96. The number of carbonyl (C=O) groups excluding carboxylic acids is 1. The van der Waals surface area contributed by atoms with E-state index in [9.17, 15) is 13.2 Å². The molecule has 0 radical (unpaired) electrons. The molecule has 0 amide bonds. The first-order valence-electron chi connectivity index (χ1n) is 10.9. The molecule has 0 atom stereocenters. The van der Waals surface area contributed by atoms with Gasteiger partial charge >= 0.3 is 35.5 Å². The molecule has 0 aliphatic carbocycles. The Labute approximate surface area is 197 Å². The molecule has 28 heavy (non-hydrogen) atoms. The first-order chi connectivity index (χ1) is 12.8. The smallest absolute Gasteiger partial charge is 1.00 e. The Balaban J connectivity index is -0.00000338. The van der Waals surface area contributed by atoms with Crippen LogP contribution in [-0.2, 0) is 19.6 Å². The summed E-state index contributed by atoms with van der Waals surface area (Å²) in [6, 6.07) is 0. The van der Waals surface area contributed by atoms with Gasteiger partial charge in [0, 0.05) is 6.42 Å². The van der Waals surface area contributed by atoms with Gasteiger partial charge in [0.2, 0.25) is 0 Å². The number of hydrogen-bond acceptors (Lipinski definition) is 4. The van der Waals surface area contributed by atoms with Gasteiger partial charge in [0.25, 0.3) is 10.1 Å². The van der Waals surface area contributed by atoms with Crippen LogP contribution in [0.4, 0.5) is 0 Å². The van der Waals surface area contributed by atoms with Gasteiger partial charge in [0.05, 0.1) is 12.4 Å². The average Bonchev–Trinajstić information content (AvgIpc) is 2.58. The zero-order valence-corrected chi connectivity index (χ0v) is 21.4. The van der Waals surface area contributed by atoms with E-state index in [0.717, 1.165) is 25.2 Å². The van der Waals surface area contributed by atoms with E-state index >= 15 is 0 Å². The van der Waals surface area contributed by atoms with Gasteiger partial charge in [-0.15, -0.1) is 0 Å². The van der Waals surface area contributed by atoms with Gasteiger partial charge < -0.3 is 6.16 Å². The molecule has 0 heterocycles. The van der Waals surface area contributed by atoms with E-state index in [1.807, 2.05) is 0 Å². The van der Waals surface area contributed by atoms with E-state index in [1.54, 1.807) is 0 Å². The van der Waals surface area contributed by atoms with E-state index < -0.39 is 10.1 Å². The maximum Gasteiger partial charge on any atom is 1.00 e. The second-order valence-corrected chi connectivity index (χ2v) is 9.61. The summed E-state index contributed by atoms with van der Waals surface area (Å²) >= 11 is 0. The van der Waals surface area contributed by atoms with Gasteiger partial charge in [-0.25, -0.2) is 0 Å². The van der Waals surface area contributed by atoms with Crippen LogP contribution in [0.5, 0.6) is 0 Å². The minimum Gasteiger partial charge on any atom is -1.00 e. The van der Waals surface area contributed by atoms with Crippen molar-refractivity contribution in [1.29, 1.82) is 0 Å². The molecular formula is C21H43NaO5S. The third kappa shape index (κ3) is 26.4. The molecule has 0 aliphatic rings. The molecule has 0 aromatic carbocycles. The average molecular weight is 431 g/mol. The third-order valence-electron chi connectivity index (χ3n) is 4.72. The van der Waals surface area contributed by atoms with Crippen LogP contribution in [0, 0.1) is 5.92 Å². The molecule has 0 saturated carbocycles. The fourth-order valence-electron chi connectivity index (χ4n) is 3.09. The van der Waals surface area contributed by atoms with Crippen LogP contribution < -0.4 is 29.6 Å². The second kappa shape index (κ2) is 20.6. The summed E-state index contributed by atoms with van der Waals surface area (Å²) in [7, 11) is -3.96. The van der Waals surface area contributed by atoms with Crippen LogP contribution in [0.1, 0.15) is 112 Å². The predicted molar refractivity (Wildman–Crippen MR) is 113 cm³/mol. The normalized spacial score (nSPS) is 11.4. The number of hydrogen-bond donors (Lipinski definition) is 1. The summed E-state index contributed by atoms with van der Waals surface area (Å²) in [5, 5.41) is 0. The van der Waals surface area contributed by atoms with Gasteiger partial charge in [-0.3, -0.25) is 9.35 Å². The maximum atomic E-state index is 11.5. The van der Waals surface area contributed by atoms with Crippen LogP contribution in [0.15, 0.2) is 0 Å². The van der Waals surface area contributed by atoms with Gasteiger partial charge in [-0.2, -0.15) is 8.42 Å². The molecular weight excluding hydrogens is 387 g/mol. The quantitative estimate of drug-likeness (QED) is 0.147. The molecule has 7 heteroatoms. The summed E-state index contributed by atoms with van der Waals surface area (Å²) in [5.74, 6) is 0.200. The monoisotopic (exact) mass is 430 g/mol. The standard InChI is InChI=1S/C21H42O5S.Na.H/c1-20(2)16-13-11-9-7-5-3-4-6-8-10-12-14-17-21(22)26-18-15-19-27(23,24)25;;/h20H,3-19H2,1-2H3,(H,23,24,25);;/q;+1;-1. The van der Waals surface area contributed by atoms with Crippen LogP contribution >= 0.6 is 0 Å². The Morgan fingerprint density at radius 3 is 1.68 bits per heavy atom. The van der Waals surface area contributed by atoms with E-state index in [0.29, 0.717) is 6.42 Å². The number of rotatable bonds is 19. The Bertz CT molecular complexity index is 458. The first-order valence-corrected chi connectivity index (χ1v) is 12.5. The summed E-state index contributed by atoms with van der Waals surface area (Å²) < 4.78 is 34.5. The molecule has 0 aromatic rings. The molecule has 164 valence electrons. The molecule has 0 aromatic heterocycles. The Morgan fingerprint density at radius 2 is 1.25 bits per heavy atom. The topological polar surface area (TPSA) is 80.7 Å². The summed E-state index contributed by atoms with van der Waals surface area (Å²) in [4.78, 5) is 11.5. The molecule has 0 unspecified atom stereocenters. The van der Waals surface area contributed by atoms with Crippen molar-refractivity contribution in [2.45, 2.75) is 110 Å². The largest absolute Gasteiger partial charge is 1.00 e. The van der Waals surface area contributed by atoms with E-state index in [4.69, 9.17) is 9.29 Å². The fraction of sp³-hybridized carbons (Fsp3) is 0.952. The molecule has 0 spiro atoms. The Morgan fingerprint density at radius 1 is 0.821 bits per heavy atom. The molecule has 1 N–H and O–H groups in total. The van der Waals surface area contributed by atoms with Crippen LogP contribution in [-0.4, -0.2) is 31.3 Å². The molecule has 0 aliphatic heterocycles. The number of unbranched alkanes of at least 4 members (excludes halogenated alkanes) is 11. The van der Waals surface area contributed by atoms with E-state index in [1.165, 1.54) is 64.2 Å². The summed E-state index contributed by atoms with van der Waals surface area (Å²) in [6.45, 7) is 4.64. The number of esters is 1. The van der Waals surface area contributed by atoms with Gasteiger partial charge in [0.15, 0.2) is 0 Å². The van der Waals surface area contributed by atoms with Crippen molar-refractivity contribution >= 4 is 16.1 Å². The summed E-state index contributed by atoms with van der Waals surface area (Å²) in [6.07, 6.45) is 17.0. The SMILES string of the molecule is CC(C)CCCCCCCCCCCCCCC(=O)OCCCS(=O)(=O)O.[H-].[Na+]. The molecule has 0 saturated heterocycles. The van der Waals surface area contributed by atoms with Crippen molar-refractivity contribution in [3.63, 3.8) is 0 Å². The first kappa shape index (κ1) is 30.6. The van der Waals surface area contributed by atoms with E-state index in [-0.39, 0.29) is 55.7 Å². The van der Waals surface area contributed by atoms with Gasteiger partial charge in [-0.1, -0.05) is 90.9 Å². The molecule has 0 fully saturated rings. The zero-order chi connectivity index (χ0) is 20.4. The molecule has 0 rings (SSSR count). The van der Waals surface area contributed by atoms with Crippen molar-refractivity contribution in [3.05, 3.63) is 0 Å². The number of ether oxygens (including phenoxy) is 1. The minimum absolute atomic E-state index is 0. The Hall–Kier alpha value is 0.380. The second-order valence-electron chi connectivity index (χ2n) is 8.04.